The van der Waals surface area contributed by atoms with Crippen molar-refractivity contribution in [3.63, 3.8) is 0 Å². The van der Waals surface area contributed by atoms with Crippen LogP contribution < -0.4 is 0 Å². The number of rotatable bonds is 3. The van der Waals surface area contributed by atoms with Crippen LogP contribution in [0.15, 0.2) is 52.0 Å². The molecule has 33 heavy (non-hydrogen) atoms. The second-order valence-electron chi connectivity index (χ2n) is 10.4. The largest absolute Gasteiger partial charge is 0.393 e. The first-order valence-corrected chi connectivity index (χ1v) is 13.0. The second-order valence-corrected chi connectivity index (χ2v) is 11.8. The second kappa shape index (κ2) is 9.82. The summed E-state index contributed by atoms with van der Waals surface area (Å²) in [4.78, 5) is 13.3. The summed E-state index contributed by atoms with van der Waals surface area (Å²) >= 11 is 1.74. The van der Waals surface area contributed by atoms with Crippen molar-refractivity contribution in [2.75, 3.05) is 14.1 Å². The Hall–Kier alpha value is -1.80. The first-order valence-electron chi connectivity index (χ1n) is 12.3. The van der Waals surface area contributed by atoms with Gasteiger partial charge in [0.15, 0.2) is 5.78 Å². The molecule has 0 spiro atoms. The molecule has 2 saturated carbocycles. The van der Waals surface area contributed by atoms with E-state index in [1.807, 2.05) is 6.08 Å². The number of aliphatic hydroxyl groups is 1. The third-order valence-corrected chi connectivity index (χ3v) is 9.10. The van der Waals surface area contributed by atoms with E-state index in [1.165, 1.54) is 21.6 Å². The molecule has 4 aliphatic carbocycles. The quantitative estimate of drug-likeness (QED) is 0.431. The fourth-order valence-corrected chi connectivity index (χ4v) is 7.58. The molecule has 176 valence electrons. The minimum Gasteiger partial charge on any atom is -0.393 e. The third-order valence-electron chi connectivity index (χ3n) is 8.25. The average Bonchev–Trinajstić information content (AvgIpc) is 3.08. The van der Waals surface area contributed by atoms with Crippen molar-refractivity contribution in [2.45, 2.75) is 75.7 Å². The van der Waals surface area contributed by atoms with E-state index in [9.17, 15) is 9.90 Å². The van der Waals surface area contributed by atoms with Crippen LogP contribution in [-0.4, -0.2) is 35.4 Å². The molecule has 0 heterocycles. The number of hydrogen-bond donors (Lipinski definition) is 1. The molecule has 5 rings (SSSR count). The summed E-state index contributed by atoms with van der Waals surface area (Å²) in [6, 6.07) is 9.09. The van der Waals surface area contributed by atoms with E-state index in [1.54, 1.807) is 24.4 Å². The van der Waals surface area contributed by atoms with E-state index in [-0.39, 0.29) is 11.5 Å². The Morgan fingerprint density at radius 3 is 2.48 bits per heavy atom. The summed E-state index contributed by atoms with van der Waals surface area (Å²) in [5, 5.41) is 11.0. The Bertz CT molecular complexity index is 999. The maximum Gasteiger partial charge on any atom is 0.156 e. The summed E-state index contributed by atoms with van der Waals surface area (Å²) in [5.41, 5.74) is 5.80. The molecule has 2 fully saturated rings. The molecule has 5 unspecified atom stereocenters. The standard InChI is InChI=1S/C26H33NO2S.C3H4/c1-26-15-22(16-4-8-19(9-5-16)30-27(2)3)25-20-11-7-18(28)14-17(20)6-10-21(25)23(26)12-13-24(26)29;1-3-2/h4-5,8-9,14,21-24,29H,6-7,10-13,15H2,1-3H3;1H,2H3. The summed E-state index contributed by atoms with van der Waals surface area (Å²) in [6.45, 7) is 4.00. The zero-order valence-corrected chi connectivity index (χ0v) is 21.3. The molecular weight excluding hydrogens is 426 g/mol. The summed E-state index contributed by atoms with van der Waals surface area (Å²) in [6.07, 6.45) is 13.2. The Kier molecular flexibility index (Phi) is 7.24. The predicted molar refractivity (Wildman–Crippen MR) is 137 cm³/mol. The monoisotopic (exact) mass is 463 g/mol. The fourth-order valence-electron chi connectivity index (χ4n) is 6.90. The lowest BCUT2D eigenvalue weighted by molar-refractivity contribution is -0.114. The van der Waals surface area contributed by atoms with Crippen LogP contribution in [0.25, 0.3) is 0 Å². The Morgan fingerprint density at radius 1 is 1.12 bits per heavy atom. The Labute approximate surface area is 203 Å². The highest BCUT2D eigenvalue weighted by Gasteiger charge is 2.56. The fraction of sp³-hybridized carbons (Fsp3) is 0.552. The van der Waals surface area contributed by atoms with Crippen LogP contribution in [0.5, 0.6) is 0 Å². The molecule has 0 aliphatic heterocycles. The van der Waals surface area contributed by atoms with Gasteiger partial charge in [0.25, 0.3) is 0 Å². The Balaban J connectivity index is 0.000000821. The van der Waals surface area contributed by atoms with Gasteiger partial charge in [-0.25, -0.2) is 0 Å². The van der Waals surface area contributed by atoms with E-state index in [4.69, 9.17) is 0 Å². The van der Waals surface area contributed by atoms with Crippen molar-refractivity contribution < 1.29 is 9.90 Å². The molecule has 4 aliphatic rings. The van der Waals surface area contributed by atoms with Crippen LogP contribution in [0.4, 0.5) is 0 Å². The van der Waals surface area contributed by atoms with Crippen LogP contribution in [0.3, 0.4) is 0 Å². The van der Waals surface area contributed by atoms with Gasteiger partial charge in [-0.2, -0.15) is 0 Å². The predicted octanol–water partition coefficient (Wildman–Crippen LogP) is 6.16. The third kappa shape index (κ3) is 4.61. The highest BCUT2D eigenvalue weighted by molar-refractivity contribution is 7.97. The van der Waals surface area contributed by atoms with Gasteiger partial charge in [-0.05, 0) is 124 Å². The van der Waals surface area contributed by atoms with E-state index in [0.29, 0.717) is 30.0 Å². The molecule has 0 bridgehead atoms. The van der Waals surface area contributed by atoms with Crippen molar-refractivity contribution in [1.82, 2.24) is 4.31 Å². The lowest BCUT2D eigenvalue weighted by Gasteiger charge is -2.52. The van der Waals surface area contributed by atoms with E-state index in [0.717, 1.165) is 38.5 Å². The van der Waals surface area contributed by atoms with Crippen molar-refractivity contribution in [1.29, 1.82) is 0 Å². The highest BCUT2D eigenvalue weighted by atomic mass is 32.2. The van der Waals surface area contributed by atoms with E-state index in [2.05, 4.69) is 61.9 Å². The smallest absolute Gasteiger partial charge is 0.156 e. The van der Waals surface area contributed by atoms with Gasteiger partial charge in [-0.1, -0.05) is 24.6 Å². The van der Waals surface area contributed by atoms with Gasteiger partial charge in [0.2, 0.25) is 0 Å². The molecular formula is C29H37NO2S. The number of carbonyl (C=O) groups is 1. The maximum atomic E-state index is 12.1. The number of ketones is 1. The number of aliphatic hydroxyl groups excluding tert-OH is 1. The molecule has 0 aromatic heterocycles. The summed E-state index contributed by atoms with van der Waals surface area (Å²) in [7, 11) is 4.14. The number of terminal acetylenes is 1. The average molecular weight is 464 g/mol. The van der Waals surface area contributed by atoms with Crippen LogP contribution in [0.2, 0.25) is 0 Å². The minimum absolute atomic E-state index is 0.00214. The van der Waals surface area contributed by atoms with Gasteiger partial charge < -0.3 is 5.11 Å². The summed E-state index contributed by atoms with van der Waals surface area (Å²) < 4.78 is 2.12. The molecule has 0 amide bonds. The topological polar surface area (TPSA) is 40.5 Å². The van der Waals surface area contributed by atoms with E-state index < -0.39 is 0 Å². The van der Waals surface area contributed by atoms with Crippen LogP contribution in [0.1, 0.15) is 70.3 Å². The molecule has 1 N–H and O–H groups in total. The number of allylic oxidation sites excluding steroid dienone is 4. The molecule has 5 atom stereocenters. The van der Waals surface area contributed by atoms with Gasteiger partial charge in [0, 0.05) is 17.2 Å². The lowest BCUT2D eigenvalue weighted by atomic mass is 9.53. The lowest BCUT2D eigenvalue weighted by Crippen LogP contribution is -2.45. The van der Waals surface area contributed by atoms with Gasteiger partial charge in [0.1, 0.15) is 0 Å². The Morgan fingerprint density at radius 2 is 1.82 bits per heavy atom. The van der Waals surface area contributed by atoms with Gasteiger partial charge in [-0.15, -0.1) is 12.3 Å². The van der Waals surface area contributed by atoms with Crippen molar-refractivity contribution in [2.24, 2.45) is 17.3 Å². The number of benzene rings is 1. The van der Waals surface area contributed by atoms with Gasteiger partial charge in [0.05, 0.1) is 6.10 Å². The minimum atomic E-state index is -0.190. The van der Waals surface area contributed by atoms with Crippen molar-refractivity contribution in [3.05, 3.63) is 52.6 Å². The highest BCUT2D eigenvalue weighted by Crippen LogP contribution is 2.63. The SMILES string of the molecule is C#CC.CN(C)Sc1ccc(C2CC3(C)C(O)CCC3C3CCC4=CC(=O)CCC4=C23)cc1. The van der Waals surface area contributed by atoms with E-state index >= 15 is 0 Å². The number of carbonyl (C=O) groups excluding carboxylic acids is 1. The number of hydrogen-bond acceptors (Lipinski definition) is 4. The normalized spacial score (nSPS) is 32.8. The first-order chi connectivity index (χ1) is 15.8. The zero-order valence-electron chi connectivity index (χ0n) is 20.4. The van der Waals surface area contributed by atoms with Gasteiger partial charge in [-0.3, -0.25) is 9.10 Å². The molecule has 1 aromatic carbocycles. The molecule has 0 radical (unpaired) electrons. The zero-order chi connectivity index (χ0) is 23.8. The molecule has 0 saturated heterocycles. The summed E-state index contributed by atoms with van der Waals surface area (Å²) in [5.74, 6) is 4.04. The van der Waals surface area contributed by atoms with Crippen LogP contribution in [-0.2, 0) is 4.79 Å². The number of fused-ring (bicyclic) bond motifs is 4. The molecule has 4 heteroatoms. The van der Waals surface area contributed by atoms with Crippen molar-refractivity contribution in [3.8, 4) is 12.3 Å². The molecule has 3 nitrogen and oxygen atoms in total. The van der Waals surface area contributed by atoms with Crippen LogP contribution in [0, 0.1) is 29.6 Å². The van der Waals surface area contributed by atoms with Crippen molar-refractivity contribution >= 4 is 17.7 Å². The van der Waals surface area contributed by atoms with Gasteiger partial charge >= 0.3 is 0 Å². The number of nitrogens with zero attached hydrogens (tertiary/aromatic N) is 1. The maximum absolute atomic E-state index is 12.1. The molecule has 1 aromatic rings. The first kappa shape index (κ1) is 24.3. The van der Waals surface area contributed by atoms with Crippen LogP contribution >= 0.6 is 11.9 Å².